The molecule has 36 heavy (non-hydrogen) atoms. The smallest absolute Gasteiger partial charge is 0.409 e. The van der Waals surface area contributed by atoms with Crippen LogP contribution >= 0.6 is 0 Å². The van der Waals surface area contributed by atoms with Gasteiger partial charge in [0.05, 0.1) is 35.6 Å². The van der Waals surface area contributed by atoms with Gasteiger partial charge in [0, 0.05) is 45.3 Å². The van der Waals surface area contributed by atoms with Crippen molar-refractivity contribution in [1.29, 1.82) is 0 Å². The van der Waals surface area contributed by atoms with Crippen molar-refractivity contribution in [3.63, 3.8) is 0 Å². The highest BCUT2D eigenvalue weighted by atomic mass is 16.6. The highest BCUT2D eigenvalue weighted by molar-refractivity contribution is 6.23. The van der Waals surface area contributed by atoms with E-state index in [4.69, 9.17) is 4.74 Å². The summed E-state index contributed by atoms with van der Waals surface area (Å²) in [5.74, 6) is -0.568. The zero-order valence-electron chi connectivity index (χ0n) is 21.3. The highest BCUT2D eigenvalue weighted by Gasteiger charge is 2.43. The number of hydrogen-bond acceptors (Lipinski definition) is 7. The SMILES string of the molecule is CCOC(=O)N1CCC(N2CCN(c3cccc4c3C(=O)N(CC3(O)CCCCC3)C4=O)CC2)CC1. The molecular weight excluding hydrogens is 460 g/mol. The third-order valence-electron chi connectivity index (χ3n) is 8.38. The topological polar surface area (TPSA) is 93.6 Å². The first-order valence-electron chi connectivity index (χ1n) is 13.5. The molecule has 9 heteroatoms. The standard InChI is InChI=1S/C27H38N4O5/c1-2-36-26(34)30-13-9-20(10-14-30)28-15-17-29(18-16-28)22-8-6-7-21-23(22)25(33)31(24(21)32)19-27(35)11-4-3-5-12-27/h6-8,20,35H,2-5,9-19H2,1H3. The number of imide groups is 1. The van der Waals surface area contributed by atoms with E-state index in [0.717, 1.165) is 64.0 Å². The van der Waals surface area contributed by atoms with Crippen LogP contribution in [0.1, 0.15) is 72.6 Å². The Morgan fingerprint density at radius 1 is 1.00 bits per heavy atom. The molecule has 0 radical (unpaired) electrons. The summed E-state index contributed by atoms with van der Waals surface area (Å²) in [4.78, 5) is 46.4. The molecule has 3 amide bonds. The molecule has 196 valence electrons. The monoisotopic (exact) mass is 498 g/mol. The summed E-state index contributed by atoms with van der Waals surface area (Å²) in [6, 6.07) is 5.97. The van der Waals surface area contributed by atoms with Gasteiger partial charge in [0.1, 0.15) is 0 Å². The van der Waals surface area contributed by atoms with Crippen LogP contribution in [0.15, 0.2) is 18.2 Å². The fourth-order valence-corrected chi connectivity index (χ4v) is 6.34. The van der Waals surface area contributed by atoms with E-state index in [9.17, 15) is 19.5 Å². The number of fused-ring (bicyclic) bond motifs is 1. The molecule has 0 atom stereocenters. The van der Waals surface area contributed by atoms with Crippen LogP contribution < -0.4 is 4.90 Å². The minimum Gasteiger partial charge on any atom is -0.450 e. The minimum absolute atomic E-state index is 0.0804. The summed E-state index contributed by atoms with van der Waals surface area (Å²) >= 11 is 0. The van der Waals surface area contributed by atoms with Crippen LogP contribution in [0.2, 0.25) is 0 Å². The van der Waals surface area contributed by atoms with Gasteiger partial charge in [0.25, 0.3) is 11.8 Å². The molecular formula is C27H38N4O5. The molecule has 0 bridgehead atoms. The van der Waals surface area contributed by atoms with E-state index in [-0.39, 0.29) is 24.5 Å². The van der Waals surface area contributed by atoms with Crippen molar-refractivity contribution in [3.8, 4) is 0 Å². The van der Waals surface area contributed by atoms with Gasteiger partial charge in [-0.3, -0.25) is 19.4 Å². The highest BCUT2D eigenvalue weighted by Crippen LogP contribution is 2.36. The van der Waals surface area contributed by atoms with Crippen LogP contribution in [0.25, 0.3) is 0 Å². The minimum atomic E-state index is -0.972. The van der Waals surface area contributed by atoms with Crippen LogP contribution in [0, 0.1) is 0 Å². The molecule has 9 nitrogen and oxygen atoms in total. The first-order chi connectivity index (χ1) is 17.4. The maximum Gasteiger partial charge on any atom is 0.409 e. The van der Waals surface area contributed by atoms with Gasteiger partial charge in [0.15, 0.2) is 0 Å². The Balaban J connectivity index is 1.22. The summed E-state index contributed by atoms with van der Waals surface area (Å²) < 4.78 is 5.13. The second kappa shape index (κ2) is 10.4. The quantitative estimate of drug-likeness (QED) is 0.624. The number of hydrogen-bond donors (Lipinski definition) is 1. The number of aliphatic hydroxyl groups is 1. The Morgan fingerprint density at radius 2 is 1.69 bits per heavy atom. The van der Waals surface area contributed by atoms with Gasteiger partial charge in [0.2, 0.25) is 0 Å². The number of anilines is 1. The summed E-state index contributed by atoms with van der Waals surface area (Å²) in [7, 11) is 0. The first kappa shape index (κ1) is 25.0. The summed E-state index contributed by atoms with van der Waals surface area (Å²) in [5.41, 5.74) is 0.782. The largest absolute Gasteiger partial charge is 0.450 e. The molecule has 1 aromatic carbocycles. The number of likely N-dealkylation sites (tertiary alicyclic amines) is 1. The van der Waals surface area contributed by atoms with Crippen molar-refractivity contribution in [2.45, 2.75) is 63.5 Å². The number of β-amino-alcohol motifs (C(OH)–C–C–N with tert-alkyl or cyclic N) is 1. The zero-order valence-corrected chi connectivity index (χ0v) is 21.3. The average molecular weight is 499 g/mol. The Labute approximate surface area is 213 Å². The third kappa shape index (κ3) is 4.83. The normalized spacial score (nSPS) is 23.2. The van der Waals surface area contributed by atoms with E-state index in [0.29, 0.717) is 49.7 Å². The first-order valence-corrected chi connectivity index (χ1v) is 13.5. The van der Waals surface area contributed by atoms with Crippen LogP contribution in [-0.2, 0) is 4.74 Å². The molecule has 0 unspecified atom stereocenters. The van der Waals surface area contributed by atoms with Gasteiger partial charge >= 0.3 is 6.09 Å². The fraction of sp³-hybridized carbons (Fsp3) is 0.667. The number of carbonyl (C=O) groups excluding carboxylic acids is 3. The van der Waals surface area contributed by atoms with Crippen molar-refractivity contribution in [2.24, 2.45) is 0 Å². The van der Waals surface area contributed by atoms with Crippen LogP contribution in [0.5, 0.6) is 0 Å². The maximum atomic E-state index is 13.4. The zero-order chi connectivity index (χ0) is 25.3. The summed E-state index contributed by atoms with van der Waals surface area (Å²) in [5, 5.41) is 11.0. The Morgan fingerprint density at radius 3 is 2.36 bits per heavy atom. The van der Waals surface area contributed by atoms with Gasteiger partial charge in [-0.25, -0.2) is 4.79 Å². The van der Waals surface area contributed by atoms with Crippen molar-refractivity contribution in [1.82, 2.24) is 14.7 Å². The Bertz CT molecular complexity index is 992. The Kier molecular flexibility index (Phi) is 7.21. The molecule has 0 spiro atoms. The molecule has 3 fully saturated rings. The molecule has 1 N–H and O–H groups in total. The number of benzene rings is 1. The van der Waals surface area contributed by atoms with Gasteiger partial charge in [-0.05, 0) is 44.7 Å². The second-order valence-electron chi connectivity index (χ2n) is 10.6. The molecule has 5 rings (SSSR count). The van der Waals surface area contributed by atoms with E-state index >= 15 is 0 Å². The van der Waals surface area contributed by atoms with E-state index < -0.39 is 5.60 Å². The molecule has 1 aromatic rings. The maximum absolute atomic E-state index is 13.4. The predicted octanol–water partition coefficient (Wildman–Crippen LogP) is 2.72. The molecule has 0 aromatic heterocycles. The molecule has 2 saturated heterocycles. The number of piperazine rings is 1. The number of nitrogens with zero attached hydrogens (tertiary/aromatic N) is 4. The molecule has 3 heterocycles. The van der Waals surface area contributed by atoms with Crippen molar-refractivity contribution >= 4 is 23.6 Å². The lowest BCUT2D eigenvalue weighted by Gasteiger charge is -2.43. The van der Waals surface area contributed by atoms with Crippen molar-refractivity contribution in [3.05, 3.63) is 29.3 Å². The lowest BCUT2D eigenvalue weighted by atomic mass is 9.84. The van der Waals surface area contributed by atoms with Gasteiger partial charge in [-0.15, -0.1) is 0 Å². The molecule has 3 aliphatic heterocycles. The van der Waals surface area contributed by atoms with Crippen molar-refractivity contribution in [2.75, 3.05) is 57.3 Å². The van der Waals surface area contributed by atoms with Crippen LogP contribution in [-0.4, -0.2) is 102 Å². The average Bonchev–Trinajstić information content (AvgIpc) is 3.14. The fourth-order valence-electron chi connectivity index (χ4n) is 6.34. The molecule has 1 aliphatic carbocycles. The van der Waals surface area contributed by atoms with Crippen molar-refractivity contribution < 1.29 is 24.2 Å². The summed E-state index contributed by atoms with van der Waals surface area (Å²) in [6.45, 7) is 7.04. The number of carbonyl (C=O) groups is 3. The van der Waals surface area contributed by atoms with E-state index in [1.807, 2.05) is 19.1 Å². The van der Waals surface area contributed by atoms with Crippen LogP contribution in [0.4, 0.5) is 10.5 Å². The lowest BCUT2D eigenvalue weighted by Crippen LogP contribution is -2.54. The lowest BCUT2D eigenvalue weighted by molar-refractivity contribution is -0.0177. The summed E-state index contributed by atoms with van der Waals surface area (Å²) in [6.07, 6.45) is 5.86. The Hall–Kier alpha value is -2.65. The number of rotatable bonds is 5. The predicted molar refractivity (Wildman–Crippen MR) is 135 cm³/mol. The third-order valence-corrected chi connectivity index (χ3v) is 8.38. The molecule has 4 aliphatic rings. The number of ether oxygens (including phenoxy) is 1. The second-order valence-corrected chi connectivity index (χ2v) is 10.6. The van der Waals surface area contributed by atoms with Gasteiger partial charge < -0.3 is 19.6 Å². The van der Waals surface area contributed by atoms with E-state index in [1.54, 1.807) is 11.0 Å². The molecule has 1 saturated carbocycles. The van der Waals surface area contributed by atoms with E-state index in [1.165, 1.54) is 4.90 Å². The van der Waals surface area contributed by atoms with Crippen LogP contribution in [0.3, 0.4) is 0 Å². The van der Waals surface area contributed by atoms with E-state index in [2.05, 4.69) is 9.80 Å². The number of amides is 3. The van der Waals surface area contributed by atoms with Gasteiger partial charge in [-0.2, -0.15) is 0 Å². The van der Waals surface area contributed by atoms with Gasteiger partial charge in [-0.1, -0.05) is 25.3 Å². The number of piperidine rings is 1.